The molecule has 1 unspecified atom stereocenters. The molecule has 3 atom stereocenters. The molecule has 0 spiro atoms. The fraction of sp³-hybridized carbons (Fsp3) is 0.643. The monoisotopic (exact) mass is 639 g/mol. The number of primary amides is 1. The van der Waals surface area contributed by atoms with E-state index >= 15 is 0 Å². The van der Waals surface area contributed by atoms with Gasteiger partial charge in [-0.2, -0.15) is 0 Å². The van der Waals surface area contributed by atoms with Crippen LogP contribution in [0.3, 0.4) is 0 Å². The van der Waals surface area contributed by atoms with Crippen LogP contribution in [0, 0.1) is 5.92 Å². The highest BCUT2D eigenvalue weighted by atomic mass is 33.1. The van der Waals surface area contributed by atoms with Gasteiger partial charge in [-0.05, 0) is 57.4 Å². The van der Waals surface area contributed by atoms with Gasteiger partial charge in [-0.1, -0.05) is 52.3 Å². The van der Waals surface area contributed by atoms with E-state index in [1.165, 1.54) is 12.2 Å². The molecular formula is C28H45N7O6S2. The number of carbonyl (C=O) groups excluding carboxylic acids is 6. The highest BCUT2D eigenvalue weighted by Gasteiger charge is 2.27. The Hall–Kier alpha value is -3.04. The Balaban J connectivity index is 1.67. The van der Waals surface area contributed by atoms with E-state index < -0.39 is 48.2 Å². The molecule has 1 fully saturated rings. The fourth-order valence-corrected chi connectivity index (χ4v) is 7.43. The van der Waals surface area contributed by atoms with Gasteiger partial charge in [-0.15, -0.1) is 0 Å². The first-order chi connectivity index (χ1) is 20.7. The van der Waals surface area contributed by atoms with E-state index in [2.05, 4.69) is 26.6 Å². The number of unbranched alkanes of at least 4 members (excludes halogenated alkanes) is 2. The van der Waals surface area contributed by atoms with E-state index in [-0.39, 0.29) is 31.3 Å². The number of nitrogens with two attached hydrogens (primary N) is 2. The van der Waals surface area contributed by atoms with Crippen molar-refractivity contribution in [1.82, 2.24) is 26.6 Å². The van der Waals surface area contributed by atoms with E-state index in [1.807, 2.05) is 45.9 Å². The summed E-state index contributed by atoms with van der Waals surface area (Å²) in [6.45, 7) is -0.650. The SMILES string of the molecule is NCCCC[C@H](NC(=O)CNC(=O)CNC(=O)CNC(=O)CCCCC1CCSS1)C(=O)N[C@@H](CC1C=CC=C1)C(N)=O. The molecule has 0 aromatic rings. The second kappa shape index (κ2) is 20.8. The van der Waals surface area contributed by atoms with Gasteiger partial charge in [0, 0.05) is 17.4 Å². The Labute approximate surface area is 260 Å². The number of hydrogen-bond donors (Lipinski definition) is 7. The second-order valence-electron chi connectivity index (χ2n) is 10.4. The Morgan fingerprint density at radius 3 is 2.05 bits per heavy atom. The molecular weight excluding hydrogens is 594 g/mol. The van der Waals surface area contributed by atoms with Gasteiger partial charge in [0.15, 0.2) is 0 Å². The lowest BCUT2D eigenvalue weighted by Gasteiger charge is -2.23. The molecule has 15 heteroatoms. The van der Waals surface area contributed by atoms with Crippen molar-refractivity contribution in [2.75, 3.05) is 31.9 Å². The van der Waals surface area contributed by atoms with Crippen LogP contribution < -0.4 is 38.1 Å². The van der Waals surface area contributed by atoms with E-state index in [1.54, 1.807) is 0 Å². The van der Waals surface area contributed by atoms with Crippen molar-refractivity contribution in [2.24, 2.45) is 17.4 Å². The third kappa shape index (κ3) is 15.8. The molecule has 0 aromatic heterocycles. The van der Waals surface area contributed by atoms with Gasteiger partial charge in [0.25, 0.3) is 0 Å². The second-order valence-corrected chi connectivity index (χ2v) is 13.2. The standard InChI is InChI=1S/C28H45N7O6S2/c29-13-6-5-10-21(28(41)35-22(27(30)40)15-19-7-1-2-8-19)34-26(39)18-33-25(38)17-32-24(37)16-31-23(36)11-4-3-9-20-12-14-42-43-20/h1-2,7-8,19-22H,3-6,9-18,29H2,(H2,30,40)(H,31,36)(H,32,37)(H,33,38)(H,34,39)(H,35,41)/t20?,21-,22-/m0/s1. The quantitative estimate of drug-likeness (QED) is 0.0651. The van der Waals surface area contributed by atoms with Crippen LogP contribution in [0.1, 0.15) is 57.8 Å². The summed E-state index contributed by atoms with van der Waals surface area (Å²) in [4.78, 5) is 73.5. The van der Waals surface area contributed by atoms with Gasteiger partial charge in [0.2, 0.25) is 35.4 Å². The Morgan fingerprint density at radius 1 is 0.791 bits per heavy atom. The predicted octanol–water partition coefficient (Wildman–Crippen LogP) is -0.235. The molecule has 1 aliphatic carbocycles. The molecule has 0 bridgehead atoms. The van der Waals surface area contributed by atoms with Crippen LogP contribution in [0.2, 0.25) is 0 Å². The lowest BCUT2D eigenvalue weighted by molar-refractivity contribution is -0.132. The van der Waals surface area contributed by atoms with Gasteiger partial charge in [-0.25, -0.2) is 0 Å². The summed E-state index contributed by atoms with van der Waals surface area (Å²) >= 11 is 0. The third-order valence-electron chi connectivity index (χ3n) is 6.84. The zero-order valence-corrected chi connectivity index (χ0v) is 26.1. The predicted molar refractivity (Wildman–Crippen MR) is 168 cm³/mol. The maximum Gasteiger partial charge on any atom is 0.243 e. The third-order valence-corrected chi connectivity index (χ3v) is 9.85. The summed E-state index contributed by atoms with van der Waals surface area (Å²) in [6.07, 6.45) is 13.6. The first-order valence-electron chi connectivity index (χ1n) is 14.7. The number of nitrogens with one attached hydrogen (secondary N) is 5. The molecule has 9 N–H and O–H groups in total. The number of allylic oxidation sites excluding steroid dienone is 4. The summed E-state index contributed by atoms with van der Waals surface area (Å²) in [5.74, 6) is -2.09. The molecule has 1 saturated heterocycles. The average molecular weight is 640 g/mol. The molecule has 240 valence electrons. The van der Waals surface area contributed by atoms with Crippen LogP contribution in [0.5, 0.6) is 0 Å². The summed E-state index contributed by atoms with van der Waals surface area (Å²) in [5.41, 5.74) is 11.0. The molecule has 6 amide bonds. The van der Waals surface area contributed by atoms with Gasteiger partial charge in [0.05, 0.1) is 19.6 Å². The van der Waals surface area contributed by atoms with Crippen molar-refractivity contribution in [2.45, 2.75) is 75.1 Å². The lowest BCUT2D eigenvalue weighted by atomic mass is 10.00. The molecule has 13 nitrogen and oxygen atoms in total. The number of carbonyl (C=O) groups is 6. The number of rotatable bonds is 21. The van der Waals surface area contributed by atoms with Crippen LogP contribution in [-0.4, -0.2) is 84.7 Å². The van der Waals surface area contributed by atoms with Crippen LogP contribution in [0.4, 0.5) is 0 Å². The van der Waals surface area contributed by atoms with Crippen molar-refractivity contribution >= 4 is 57.0 Å². The van der Waals surface area contributed by atoms with E-state index in [0.29, 0.717) is 37.5 Å². The average Bonchev–Trinajstić information content (AvgIpc) is 3.70. The van der Waals surface area contributed by atoms with Crippen molar-refractivity contribution in [1.29, 1.82) is 0 Å². The number of amides is 6. The van der Waals surface area contributed by atoms with Crippen molar-refractivity contribution in [3.05, 3.63) is 24.3 Å². The smallest absolute Gasteiger partial charge is 0.243 e. The minimum absolute atomic E-state index is 0.0373. The van der Waals surface area contributed by atoms with Crippen LogP contribution in [0.15, 0.2) is 24.3 Å². The number of hydrogen-bond acceptors (Lipinski definition) is 9. The summed E-state index contributed by atoms with van der Waals surface area (Å²) < 4.78 is 0. The minimum atomic E-state index is -0.962. The molecule has 2 rings (SSSR count). The maximum atomic E-state index is 12.9. The zero-order chi connectivity index (χ0) is 31.5. The van der Waals surface area contributed by atoms with Crippen LogP contribution in [0.25, 0.3) is 0 Å². The highest BCUT2D eigenvalue weighted by Crippen LogP contribution is 2.39. The van der Waals surface area contributed by atoms with Crippen LogP contribution >= 0.6 is 21.6 Å². The van der Waals surface area contributed by atoms with Crippen LogP contribution in [-0.2, 0) is 28.8 Å². The zero-order valence-electron chi connectivity index (χ0n) is 24.4. The Morgan fingerprint density at radius 2 is 1.44 bits per heavy atom. The van der Waals surface area contributed by atoms with Gasteiger partial charge < -0.3 is 38.1 Å². The lowest BCUT2D eigenvalue weighted by Crippen LogP contribution is -2.54. The molecule has 0 aromatic carbocycles. The molecule has 43 heavy (non-hydrogen) atoms. The molecule has 0 saturated carbocycles. The Kier molecular flexibility index (Phi) is 17.5. The van der Waals surface area contributed by atoms with Crippen molar-refractivity contribution in [3.8, 4) is 0 Å². The largest absolute Gasteiger partial charge is 0.368 e. The maximum absolute atomic E-state index is 12.9. The first kappa shape index (κ1) is 36.2. The molecule has 1 aliphatic heterocycles. The minimum Gasteiger partial charge on any atom is -0.368 e. The summed E-state index contributed by atoms with van der Waals surface area (Å²) in [5, 5.41) is 13.2. The first-order valence-corrected chi connectivity index (χ1v) is 17.1. The van der Waals surface area contributed by atoms with Gasteiger partial charge in [0.1, 0.15) is 12.1 Å². The van der Waals surface area contributed by atoms with Gasteiger partial charge in [-0.3, -0.25) is 28.8 Å². The Bertz CT molecular complexity index is 1010. The fourth-order valence-electron chi connectivity index (χ4n) is 4.40. The molecule has 0 radical (unpaired) electrons. The molecule has 1 heterocycles. The van der Waals surface area contributed by atoms with Crippen molar-refractivity contribution in [3.63, 3.8) is 0 Å². The molecule has 2 aliphatic rings. The van der Waals surface area contributed by atoms with E-state index in [0.717, 1.165) is 19.3 Å². The normalized spacial score (nSPS) is 17.2. The van der Waals surface area contributed by atoms with E-state index in [4.69, 9.17) is 11.5 Å². The summed E-state index contributed by atoms with van der Waals surface area (Å²) in [7, 11) is 3.80. The summed E-state index contributed by atoms with van der Waals surface area (Å²) in [6, 6.07) is -1.89. The van der Waals surface area contributed by atoms with E-state index in [9.17, 15) is 28.8 Å². The topological polar surface area (TPSA) is 215 Å². The van der Waals surface area contributed by atoms with Gasteiger partial charge >= 0.3 is 0 Å². The van der Waals surface area contributed by atoms with Crippen molar-refractivity contribution < 1.29 is 28.8 Å². The highest BCUT2D eigenvalue weighted by molar-refractivity contribution is 8.77.